The minimum atomic E-state index is -0.807. The van der Waals surface area contributed by atoms with Crippen LogP contribution in [-0.2, 0) is 4.74 Å². The number of piperidine rings is 1. The second kappa shape index (κ2) is 5.27. The normalized spacial score (nSPS) is 30.3. The maximum absolute atomic E-state index is 13.8. The molecule has 0 bridgehead atoms. The summed E-state index contributed by atoms with van der Waals surface area (Å²) >= 11 is 0. The SMILES string of the molecule is CC(C)(C)OC(=O)N[C@@H]1C[C@H](F)CC12CCNCC2. The van der Waals surface area contributed by atoms with Crippen molar-refractivity contribution >= 4 is 6.09 Å². The number of alkyl halides is 1. The van der Waals surface area contributed by atoms with Crippen LogP contribution in [-0.4, -0.2) is 37.0 Å². The van der Waals surface area contributed by atoms with E-state index in [1.54, 1.807) is 0 Å². The number of halogens is 1. The topological polar surface area (TPSA) is 50.4 Å². The highest BCUT2D eigenvalue weighted by molar-refractivity contribution is 5.68. The van der Waals surface area contributed by atoms with Crippen molar-refractivity contribution in [1.82, 2.24) is 10.6 Å². The van der Waals surface area contributed by atoms with Crippen LogP contribution in [0.15, 0.2) is 0 Å². The van der Waals surface area contributed by atoms with Crippen LogP contribution in [0.2, 0.25) is 0 Å². The largest absolute Gasteiger partial charge is 0.444 e. The van der Waals surface area contributed by atoms with E-state index in [9.17, 15) is 9.18 Å². The van der Waals surface area contributed by atoms with E-state index in [1.807, 2.05) is 20.8 Å². The quantitative estimate of drug-likeness (QED) is 0.770. The fourth-order valence-electron chi connectivity index (χ4n) is 3.31. The van der Waals surface area contributed by atoms with Gasteiger partial charge in [0.2, 0.25) is 0 Å². The number of ether oxygens (including phenoxy) is 1. The summed E-state index contributed by atoms with van der Waals surface area (Å²) in [6.07, 6.45) is 1.60. The van der Waals surface area contributed by atoms with Gasteiger partial charge >= 0.3 is 6.09 Å². The predicted molar refractivity (Wildman–Crippen MR) is 71.8 cm³/mol. The van der Waals surface area contributed by atoms with Crippen LogP contribution >= 0.6 is 0 Å². The Labute approximate surface area is 114 Å². The minimum absolute atomic E-state index is 0.0818. The molecule has 0 aromatic heterocycles. The maximum atomic E-state index is 13.8. The van der Waals surface area contributed by atoms with Crippen LogP contribution in [0.4, 0.5) is 9.18 Å². The standard InChI is InChI=1S/C14H25FN2O2/c1-13(2,3)19-12(18)17-11-8-10(15)9-14(11)4-6-16-7-5-14/h10-11,16H,4-9H2,1-3H3,(H,17,18)/t10-,11+/m0/s1. The highest BCUT2D eigenvalue weighted by Crippen LogP contribution is 2.46. The van der Waals surface area contributed by atoms with E-state index < -0.39 is 17.9 Å². The molecule has 2 fully saturated rings. The summed E-state index contributed by atoms with van der Waals surface area (Å²) in [7, 11) is 0. The zero-order chi connectivity index (χ0) is 14.1. The second-order valence-corrected chi connectivity index (χ2v) is 6.85. The average Bonchev–Trinajstić information content (AvgIpc) is 2.53. The molecule has 1 spiro atoms. The minimum Gasteiger partial charge on any atom is -0.444 e. The number of hydrogen-bond donors (Lipinski definition) is 2. The molecule has 2 atom stereocenters. The highest BCUT2D eigenvalue weighted by atomic mass is 19.1. The Hall–Kier alpha value is -0.840. The molecule has 2 aliphatic rings. The van der Waals surface area contributed by atoms with Gasteiger partial charge in [0.05, 0.1) is 0 Å². The molecule has 5 heteroatoms. The number of carbonyl (C=O) groups excluding carboxylic acids is 1. The van der Waals surface area contributed by atoms with E-state index in [0.29, 0.717) is 12.8 Å². The first-order valence-electron chi connectivity index (χ1n) is 7.15. The molecular formula is C14H25FN2O2. The van der Waals surface area contributed by atoms with E-state index in [1.165, 1.54) is 0 Å². The Morgan fingerprint density at radius 2 is 2.00 bits per heavy atom. The Balaban J connectivity index is 1.99. The summed E-state index contributed by atoms with van der Waals surface area (Å²) in [4.78, 5) is 11.9. The molecule has 0 aromatic carbocycles. The van der Waals surface area contributed by atoms with Crippen LogP contribution in [0.25, 0.3) is 0 Å². The average molecular weight is 272 g/mol. The molecule has 1 saturated carbocycles. The number of amides is 1. The summed E-state index contributed by atoms with van der Waals surface area (Å²) in [6.45, 7) is 7.30. The molecule has 1 amide bonds. The van der Waals surface area contributed by atoms with Crippen LogP contribution in [0, 0.1) is 5.41 Å². The molecule has 1 saturated heterocycles. The molecule has 110 valence electrons. The summed E-state index contributed by atoms with van der Waals surface area (Å²) in [5.74, 6) is 0. The molecular weight excluding hydrogens is 247 g/mol. The summed E-state index contributed by atoms with van der Waals surface area (Å²) in [6, 6.07) is -0.0977. The summed E-state index contributed by atoms with van der Waals surface area (Å²) < 4.78 is 19.1. The van der Waals surface area contributed by atoms with Gasteiger partial charge in [-0.1, -0.05) is 0 Å². The van der Waals surface area contributed by atoms with Gasteiger partial charge in [-0.05, 0) is 65.0 Å². The van der Waals surface area contributed by atoms with E-state index in [0.717, 1.165) is 25.9 Å². The lowest BCUT2D eigenvalue weighted by Gasteiger charge is -2.39. The van der Waals surface area contributed by atoms with Crippen molar-refractivity contribution in [3.05, 3.63) is 0 Å². The molecule has 0 aromatic rings. The molecule has 0 radical (unpaired) electrons. The van der Waals surface area contributed by atoms with Gasteiger partial charge in [0, 0.05) is 6.04 Å². The number of nitrogens with one attached hydrogen (secondary N) is 2. The monoisotopic (exact) mass is 272 g/mol. The number of hydrogen-bond acceptors (Lipinski definition) is 3. The van der Waals surface area contributed by atoms with Crippen molar-refractivity contribution in [3.8, 4) is 0 Å². The smallest absolute Gasteiger partial charge is 0.407 e. The molecule has 0 unspecified atom stereocenters. The second-order valence-electron chi connectivity index (χ2n) is 6.85. The summed E-state index contributed by atoms with van der Waals surface area (Å²) in [5.41, 5.74) is -0.597. The van der Waals surface area contributed by atoms with Gasteiger partial charge in [0.1, 0.15) is 11.8 Å². The lowest BCUT2D eigenvalue weighted by atomic mass is 9.74. The first-order chi connectivity index (χ1) is 8.81. The van der Waals surface area contributed by atoms with Crippen molar-refractivity contribution in [3.63, 3.8) is 0 Å². The summed E-state index contributed by atoms with van der Waals surface area (Å²) in [5, 5.41) is 6.19. The van der Waals surface area contributed by atoms with Gasteiger partial charge in [-0.3, -0.25) is 0 Å². The first kappa shape index (κ1) is 14.6. The van der Waals surface area contributed by atoms with Gasteiger partial charge in [0.15, 0.2) is 0 Å². The molecule has 19 heavy (non-hydrogen) atoms. The molecule has 1 aliphatic heterocycles. The van der Waals surface area contributed by atoms with Gasteiger partial charge in [-0.15, -0.1) is 0 Å². The first-order valence-corrected chi connectivity index (χ1v) is 7.15. The van der Waals surface area contributed by atoms with Crippen LogP contribution in [0.1, 0.15) is 46.5 Å². The van der Waals surface area contributed by atoms with E-state index >= 15 is 0 Å². The fourth-order valence-corrected chi connectivity index (χ4v) is 3.31. The van der Waals surface area contributed by atoms with Gasteiger partial charge in [0.25, 0.3) is 0 Å². The lowest BCUT2D eigenvalue weighted by Crippen LogP contribution is -2.50. The zero-order valence-electron chi connectivity index (χ0n) is 12.1. The van der Waals surface area contributed by atoms with Gasteiger partial charge in [-0.2, -0.15) is 0 Å². The van der Waals surface area contributed by atoms with E-state index in [4.69, 9.17) is 4.74 Å². The fraction of sp³-hybridized carbons (Fsp3) is 0.929. The van der Waals surface area contributed by atoms with Crippen molar-refractivity contribution in [2.75, 3.05) is 13.1 Å². The zero-order valence-corrected chi connectivity index (χ0v) is 12.1. The maximum Gasteiger partial charge on any atom is 0.407 e. The van der Waals surface area contributed by atoms with Crippen molar-refractivity contribution in [1.29, 1.82) is 0 Å². The third-order valence-corrected chi connectivity index (χ3v) is 4.15. The Bertz CT molecular complexity index is 335. The van der Waals surface area contributed by atoms with Crippen molar-refractivity contribution < 1.29 is 13.9 Å². The molecule has 4 nitrogen and oxygen atoms in total. The Morgan fingerprint density at radius 1 is 1.37 bits per heavy atom. The molecule has 1 aliphatic carbocycles. The molecule has 2 rings (SSSR count). The van der Waals surface area contributed by atoms with Crippen molar-refractivity contribution in [2.45, 2.75) is 64.3 Å². The predicted octanol–water partition coefficient (Wildman–Crippen LogP) is 2.38. The van der Waals surface area contributed by atoms with Crippen LogP contribution in [0.3, 0.4) is 0 Å². The highest BCUT2D eigenvalue weighted by Gasteiger charge is 2.48. The van der Waals surface area contributed by atoms with E-state index in [2.05, 4.69) is 10.6 Å². The third kappa shape index (κ3) is 3.59. The Morgan fingerprint density at radius 3 is 2.58 bits per heavy atom. The van der Waals surface area contributed by atoms with Gasteiger partial charge < -0.3 is 15.4 Å². The Kier molecular flexibility index (Phi) is 4.04. The number of carbonyl (C=O) groups is 1. The van der Waals surface area contributed by atoms with Crippen LogP contribution < -0.4 is 10.6 Å². The number of rotatable bonds is 1. The lowest BCUT2D eigenvalue weighted by molar-refractivity contribution is 0.0437. The van der Waals surface area contributed by atoms with Crippen molar-refractivity contribution in [2.24, 2.45) is 5.41 Å². The van der Waals surface area contributed by atoms with E-state index in [-0.39, 0.29) is 11.5 Å². The molecule has 2 N–H and O–H groups in total. The molecule has 1 heterocycles. The van der Waals surface area contributed by atoms with Gasteiger partial charge in [-0.25, -0.2) is 9.18 Å². The van der Waals surface area contributed by atoms with Crippen LogP contribution in [0.5, 0.6) is 0 Å². The third-order valence-electron chi connectivity index (χ3n) is 4.15. The number of alkyl carbamates (subject to hydrolysis) is 1.